The standard InChI is InChI=1S/C21H30N2O3/c24-20(26-13-18-4-2-1-3-5-18)22-12-17-6-8-19(9-7-17)23-11-10-21(14-23)15-25-16-21/h1-5,17,19H,6-16H2,(H,22,24). The highest BCUT2D eigenvalue weighted by Crippen LogP contribution is 2.40. The number of nitrogens with zero attached hydrogens (tertiary/aromatic N) is 1. The van der Waals surface area contributed by atoms with Gasteiger partial charge in [-0.3, -0.25) is 4.90 Å². The second kappa shape index (κ2) is 7.97. The molecule has 3 fully saturated rings. The van der Waals surface area contributed by atoms with E-state index in [9.17, 15) is 4.79 Å². The summed E-state index contributed by atoms with van der Waals surface area (Å²) in [5, 5.41) is 2.95. The van der Waals surface area contributed by atoms with Crippen molar-refractivity contribution in [1.82, 2.24) is 10.2 Å². The lowest BCUT2D eigenvalue weighted by molar-refractivity contribution is -0.106. The van der Waals surface area contributed by atoms with Crippen molar-refractivity contribution in [3.63, 3.8) is 0 Å². The summed E-state index contributed by atoms with van der Waals surface area (Å²) in [6, 6.07) is 10.5. The summed E-state index contributed by atoms with van der Waals surface area (Å²) < 4.78 is 10.7. The molecular weight excluding hydrogens is 328 g/mol. The fourth-order valence-electron chi connectivity index (χ4n) is 4.62. The molecule has 0 bridgehead atoms. The van der Waals surface area contributed by atoms with Crippen molar-refractivity contribution in [3.05, 3.63) is 35.9 Å². The number of alkyl carbamates (subject to hydrolysis) is 1. The molecule has 0 aromatic heterocycles. The maximum atomic E-state index is 11.9. The summed E-state index contributed by atoms with van der Waals surface area (Å²) in [6.45, 7) is 5.47. The van der Waals surface area contributed by atoms with E-state index in [1.807, 2.05) is 30.3 Å². The Morgan fingerprint density at radius 2 is 1.96 bits per heavy atom. The molecule has 0 atom stereocenters. The van der Waals surface area contributed by atoms with Crippen LogP contribution in [0.3, 0.4) is 0 Å². The first-order valence-corrected chi connectivity index (χ1v) is 9.99. The smallest absolute Gasteiger partial charge is 0.407 e. The third-order valence-corrected chi connectivity index (χ3v) is 6.36. The van der Waals surface area contributed by atoms with E-state index in [1.54, 1.807) is 0 Å². The molecule has 4 rings (SSSR count). The van der Waals surface area contributed by atoms with Crippen LogP contribution < -0.4 is 5.32 Å². The molecule has 1 saturated carbocycles. The van der Waals surface area contributed by atoms with E-state index < -0.39 is 0 Å². The van der Waals surface area contributed by atoms with Crippen LogP contribution in [0.25, 0.3) is 0 Å². The number of ether oxygens (including phenoxy) is 2. The van der Waals surface area contributed by atoms with Gasteiger partial charge in [0, 0.05) is 24.5 Å². The molecule has 1 spiro atoms. The first kappa shape index (κ1) is 17.8. The molecule has 3 aliphatic rings. The Morgan fingerprint density at radius 1 is 1.19 bits per heavy atom. The number of benzene rings is 1. The second-order valence-corrected chi connectivity index (χ2v) is 8.33. The van der Waals surface area contributed by atoms with Crippen molar-refractivity contribution < 1.29 is 14.3 Å². The van der Waals surface area contributed by atoms with Gasteiger partial charge >= 0.3 is 6.09 Å². The van der Waals surface area contributed by atoms with Crippen LogP contribution in [0, 0.1) is 11.3 Å². The van der Waals surface area contributed by atoms with Crippen LogP contribution in [0.1, 0.15) is 37.7 Å². The summed E-state index contributed by atoms with van der Waals surface area (Å²) >= 11 is 0. The van der Waals surface area contributed by atoms with Crippen LogP contribution in [0.5, 0.6) is 0 Å². The van der Waals surface area contributed by atoms with E-state index in [-0.39, 0.29) is 6.09 Å². The summed E-state index contributed by atoms with van der Waals surface area (Å²) in [5.41, 5.74) is 1.50. The number of hydrogen-bond acceptors (Lipinski definition) is 4. The minimum Gasteiger partial charge on any atom is -0.445 e. The van der Waals surface area contributed by atoms with Crippen molar-refractivity contribution in [2.24, 2.45) is 11.3 Å². The molecule has 1 aromatic carbocycles. The van der Waals surface area contributed by atoms with E-state index in [1.165, 1.54) is 45.2 Å². The highest BCUT2D eigenvalue weighted by Gasteiger charge is 2.46. The zero-order valence-corrected chi connectivity index (χ0v) is 15.5. The van der Waals surface area contributed by atoms with Crippen LogP contribution in [-0.4, -0.2) is 49.9 Å². The van der Waals surface area contributed by atoms with Crippen molar-refractivity contribution in [2.45, 2.75) is 44.8 Å². The van der Waals surface area contributed by atoms with Crippen molar-refractivity contribution in [2.75, 3.05) is 32.8 Å². The molecule has 2 aliphatic heterocycles. The minimum atomic E-state index is -0.303. The van der Waals surface area contributed by atoms with Gasteiger partial charge in [-0.05, 0) is 50.1 Å². The zero-order valence-electron chi connectivity index (χ0n) is 15.5. The predicted molar refractivity (Wildman–Crippen MR) is 99.8 cm³/mol. The van der Waals surface area contributed by atoms with Crippen molar-refractivity contribution in [1.29, 1.82) is 0 Å². The first-order chi connectivity index (χ1) is 12.7. The van der Waals surface area contributed by atoms with E-state index in [0.29, 0.717) is 17.9 Å². The quantitative estimate of drug-likeness (QED) is 0.878. The van der Waals surface area contributed by atoms with Crippen LogP contribution >= 0.6 is 0 Å². The highest BCUT2D eigenvalue weighted by molar-refractivity contribution is 5.67. The topological polar surface area (TPSA) is 50.8 Å². The Balaban J connectivity index is 1.12. The lowest BCUT2D eigenvalue weighted by Gasteiger charge is -2.40. The Morgan fingerprint density at radius 3 is 2.62 bits per heavy atom. The van der Waals surface area contributed by atoms with E-state index >= 15 is 0 Å². The van der Waals surface area contributed by atoms with Gasteiger partial charge in [-0.15, -0.1) is 0 Å². The molecule has 2 saturated heterocycles. The normalized spacial score (nSPS) is 27.8. The lowest BCUT2D eigenvalue weighted by atomic mass is 9.84. The number of amides is 1. The number of nitrogens with one attached hydrogen (secondary N) is 1. The third kappa shape index (κ3) is 4.21. The minimum absolute atomic E-state index is 0.303. The van der Waals surface area contributed by atoms with Gasteiger partial charge in [-0.1, -0.05) is 30.3 Å². The zero-order chi connectivity index (χ0) is 17.8. The Labute approximate surface area is 156 Å². The monoisotopic (exact) mass is 358 g/mol. The number of likely N-dealkylation sites (tertiary alicyclic amines) is 1. The van der Waals surface area contributed by atoms with Gasteiger partial charge in [0.25, 0.3) is 0 Å². The van der Waals surface area contributed by atoms with E-state index in [0.717, 1.165) is 31.4 Å². The third-order valence-electron chi connectivity index (χ3n) is 6.36. The average Bonchev–Trinajstić information content (AvgIpc) is 3.12. The summed E-state index contributed by atoms with van der Waals surface area (Å²) in [4.78, 5) is 14.6. The average molecular weight is 358 g/mol. The highest BCUT2D eigenvalue weighted by atomic mass is 16.5. The van der Waals surface area contributed by atoms with Gasteiger partial charge in [-0.2, -0.15) is 0 Å². The summed E-state index contributed by atoms with van der Waals surface area (Å²) in [6.07, 6.45) is 5.90. The van der Waals surface area contributed by atoms with Crippen molar-refractivity contribution >= 4 is 6.09 Å². The van der Waals surface area contributed by atoms with Gasteiger partial charge in [0.1, 0.15) is 6.61 Å². The summed E-state index contributed by atoms with van der Waals surface area (Å²) in [5.74, 6) is 0.583. The molecule has 0 unspecified atom stereocenters. The molecule has 142 valence electrons. The number of rotatable bonds is 5. The lowest BCUT2D eigenvalue weighted by Crippen LogP contribution is -2.46. The summed E-state index contributed by atoms with van der Waals surface area (Å²) in [7, 11) is 0. The Bertz CT molecular complexity index is 595. The predicted octanol–water partition coefficient (Wildman–Crippen LogP) is 3.19. The molecule has 1 aromatic rings. The fraction of sp³-hybridized carbons (Fsp3) is 0.667. The first-order valence-electron chi connectivity index (χ1n) is 9.99. The van der Waals surface area contributed by atoms with Gasteiger partial charge in [0.05, 0.1) is 13.2 Å². The maximum absolute atomic E-state index is 11.9. The van der Waals surface area contributed by atoms with Gasteiger partial charge in [0.15, 0.2) is 0 Å². The fourth-order valence-corrected chi connectivity index (χ4v) is 4.62. The Hall–Kier alpha value is -1.59. The molecule has 5 nitrogen and oxygen atoms in total. The van der Waals surface area contributed by atoms with Crippen LogP contribution in [0.2, 0.25) is 0 Å². The van der Waals surface area contributed by atoms with Crippen LogP contribution in [0.15, 0.2) is 30.3 Å². The number of carbonyl (C=O) groups excluding carboxylic acids is 1. The van der Waals surface area contributed by atoms with Gasteiger partial charge in [-0.25, -0.2) is 4.79 Å². The van der Waals surface area contributed by atoms with Crippen LogP contribution in [-0.2, 0) is 16.1 Å². The SMILES string of the molecule is O=C(NCC1CCC(N2CCC3(COC3)C2)CC1)OCc1ccccc1. The van der Waals surface area contributed by atoms with E-state index in [4.69, 9.17) is 9.47 Å². The molecule has 2 heterocycles. The Kier molecular flexibility index (Phi) is 5.46. The molecule has 26 heavy (non-hydrogen) atoms. The van der Waals surface area contributed by atoms with Gasteiger partial charge < -0.3 is 14.8 Å². The van der Waals surface area contributed by atoms with Crippen molar-refractivity contribution in [3.8, 4) is 0 Å². The largest absolute Gasteiger partial charge is 0.445 e. The number of carbonyl (C=O) groups is 1. The number of hydrogen-bond donors (Lipinski definition) is 1. The molecular formula is C21H30N2O3. The molecule has 1 N–H and O–H groups in total. The molecule has 1 amide bonds. The molecule has 1 aliphatic carbocycles. The molecule has 0 radical (unpaired) electrons. The molecule has 5 heteroatoms. The van der Waals surface area contributed by atoms with E-state index in [2.05, 4.69) is 10.2 Å². The maximum Gasteiger partial charge on any atom is 0.407 e. The van der Waals surface area contributed by atoms with Crippen LogP contribution in [0.4, 0.5) is 4.79 Å². The second-order valence-electron chi connectivity index (χ2n) is 8.33. The van der Waals surface area contributed by atoms with Gasteiger partial charge in [0.2, 0.25) is 0 Å².